The maximum atomic E-state index is 12.7. The molecule has 0 aliphatic rings. The van der Waals surface area contributed by atoms with Gasteiger partial charge in [-0.3, -0.25) is 14.5 Å². The first-order valence-electron chi connectivity index (χ1n) is 8.82. The Morgan fingerprint density at radius 1 is 1.13 bits per heavy atom. The van der Waals surface area contributed by atoms with Crippen molar-refractivity contribution < 1.29 is 17.6 Å². The van der Waals surface area contributed by atoms with Crippen LogP contribution in [-0.4, -0.2) is 29.1 Å². The second-order valence-electron chi connectivity index (χ2n) is 6.59. The highest BCUT2D eigenvalue weighted by Crippen LogP contribution is 2.22. The van der Waals surface area contributed by atoms with Crippen molar-refractivity contribution in [3.05, 3.63) is 64.8 Å². The van der Waals surface area contributed by atoms with Crippen LogP contribution < -0.4 is 15.8 Å². The monoisotopic (exact) mass is 427 g/mol. The van der Waals surface area contributed by atoms with E-state index in [9.17, 15) is 18.0 Å². The molecule has 10 nitrogen and oxygen atoms in total. The van der Waals surface area contributed by atoms with Crippen LogP contribution in [0.1, 0.15) is 12.6 Å². The maximum Gasteiger partial charge on any atom is 0.417 e. The van der Waals surface area contributed by atoms with Crippen LogP contribution in [0.3, 0.4) is 0 Å². The zero-order valence-corrected chi connectivity index (χ0v) is 16.8. The van der Waals surface area contributed by atoms with E-state index in [1.165, 1.54) is 25.1 Å². The summed E-state index contributed by atoms with van der Waals surface area (Å²) in [5.74, 6) is -0.374. The molecule has 1 amide bonds. The van der Waals surface area contributed by atoms with Crippen LogP contribution in [0, 0.1) is 6.92 Å². The summed E-state index contributed by atoms with van der Waals surface area (Å²) in [6.07, 6.45) is 0. The summed E-state index contributed by atoms with van der Waals surface area (Å²) in [6.45, 7) is 3.20. The number of hydrogen-bond acceptors (Lipinski definition) is 6. The summed E-state index contributed by atoms with van der Waals surface area (Å²) in [6, 6.07) is 12.3. The van der Waals surface area contributed by atoms with Gasteiger partial charge in [0.2, 0.25) is 5.91 Å². The van der Waals surface area contributed by atoms with E-state index in [1.807, 2.05) is 0 Å². The Morgan fingerprint density at radius 3 is 2.57 bits per heavy atom. The molecule has 154 valence electrons. The van der Waals surface area contributed by atoms with Crippen LogP contribution in [0.2, 0.25) is 0 Å². The molecule has 3 N–H and O–H groups in total. The van der Waals surface area contributed by atoms with Gasteiger partial charge in [-0.15, -0.1) is 0 Å². The molecule has 0 aliphatic carbocycles. The second-order valence-corrected chi connectivity index (χ2v) is 8.27. The lowest BCUT2D eigenvalue weighted by Crippen LogP contribution is -2.13. The summed E-state index contributed by atoms with van der Waals surface area (Å²) < 4.78 is 34.3. The Balaban J connectivity index is 1.60. The number of nitrogens with zero attached hydrogens (tertiary/aromatic N) is 2. The van der Waals surface area contributed by atoms with E-state index in [-0.39, 0.29) is 16.4 Å². The van der Waals surface area contributed by atoms with Crippen LogP contribution in [-0.2, 0) is 14.8 Å². The van der Waals surface area contributed by atoms with Crippen molar-refractivity contribution in [1.82, 2.24) is 14.8 Å². The second kappa shape index (κ2) is 7.19. The lowest BCUT2D eigenvalue weighted by atomic mass is 10.3. The molecule has 11 heteroatoms. The first kappa shape index (κ1) is 19.5. The fourth-order valence-corrected chi connectivity index (χ4v) is 4.02. The Hall–Kier alpha value is -3.86. The molecule has 0 saturated heterocycles. The third kappa shape index (κ3) is 3.82. The molecule has 0 atom stereocenters. The average Bonchev–Trinajstić information content (AvgIpc) is 3.22. The van der Waals surface area contributed by atoms with Crippen molar-refractivity contribution in [2.75, 3.05) is 10.0 Å². The fourth-order valence-electron chi connectivity index (χ4n) is 2.94. The molecule has 2 heterocycles. The highest BCUT2D eigenvalue weighted by Gasteiger charge is 2.17. The van der Waals surface area contributed by atoms with E-state index in [2.05, 4.69) is 20.1 Å². The largest absolute Gasteiger partial charge is 0.417 e. The van der Waals surface area contributed by atoms with Crippen molar-refractivity contribution >= 4 is 38.5 Å². The zero-order chi connectivity index (χ0) is 21.5. The molecule has 0 saturated carbocycles. The van der Waals surface area contributed by atoms with Crippen molar-refractivity contribution in [3.63, 3.8) is 0 Å². The first-order valence-corrected chi connectivity index (χ1v) is 10.3. The van der Waals surface area contributed by atoms with Gasteiger partial charge < -0.3 is 9.73 Å². The number of sulfonamides is 1. The van der Waals surface area contributed by atoms with E-state index in [0.29, 0.717) is 22.7 Å². The van der Waals surface area contributed by atoms with Gasteiger partial charge in [-0.1, -0.05) is 0 Å². The Kier molecular flexibility index (Phi) is 4.66. The highest BCUT2D eigenvalue weighted by molar-refractivity contribution is 7.92. The first-order chi connectivity index (χ1) is 14.2. The minimum absolute atomic E-state index is 0.0440. The van der Waals surface area contributed by atoms with Crippen molar-refractivity contribution in [2.24, 2.45) is 0 Å². The summed E-state index contributed by atoms with van der Waals surface area (Å²) in [7, 11) is -3.90. The van der Waals surface area contributed by atoms with Crippen LogP contribution in [0.15, 0.2) is 62.6 Å². The maximum absolute atomic E-state index is 12.7. The number of amides is 1. The van der Waals surface area contributed by atoms with Gasteiger partial charge in [0.05, 0.1) is 21.8 Å². The van der Waals surface area contributed by atoms with Crippen molar-refractivity contribution in [1.29, 1.82) is 0 Å². The number of oxazole rings is 1. The Morgan fingerprint density at radius 2 is 1.87 bits per heavy atom. The predicted molar refractivity (Wildman–Crippen MR) is 110 cm³/mol. The molecule has 4 rings (SSSR count). The SMILES string of the molecule is CC(=O)Nc1cc(C)nn1-c1ccc(NS(=O)(=O)c2ccc3[nH]c(=O)oc3c2)cc1. The third-order valence-corrected chi connectivity index (χ3v) is 5.58. The number of rotatable bonds is 5. The lowest BCUT2D eigenvalue weighted by molar-refractivity contribution is -0.114. The number of benzene rings is 2. The fraction of sp³-hybridized carbons (Fsp3) is 0.105. The molecule has 0 unspecified atom stereocenters. The van der Waals surface area contributed by atoms with E-state index in [1.54, 1.807) is 41.9 Å². The topological polar surface area (TPSA) is 139 Å². The molecule has 4 aromatic rings. The average molecular weight is 427 g/mol. The summed E-state index contributed by atoms with van der Waals surface area (Å²) in [5.41, 5.74) is 2.26. The normalized spacial score (nSPS) is 11.5. The standard InChI is InChI=1S/C19H17N5O5S/c1-11-9-18(20-12(2)25)24(22-11)14-5-3-13(4-6-14)23-30(27,28)15-7-8-16-17(10-15)29-19(26)21-16/h3-10,23H,1-2H3,(H,20,25)(H,21,26). The van der Waals surface area contributed by atoms with E-state index < -0.39 is 15.8 Å². The van der Waals surface area contributed by atoms with Gasteiger partial charge >= 0.3 is 5.76 Å². The van der Waals surface area contributed by atoms with Crippen LogP contribution in [0.4, 0.5) is 11.5 Å². The molecule has 30 heavy (non-hydrogen) atoms. The number of aromatic amines is 1. The third-order valence-electron chi connectivity index (χ3n) is 4.20. The summed E-state index contributed by atoms with van der Waals surface area (Å²) in [4.78, 5) is 25.0. The Labute approximate surface area is 170 Å². The van der Waals surface area contributed by atoms with Crippen LogP contribution in [0.25, 0.3) is 16.8 Å². The van der Waals surface area contributed by atoms with Gasteiger partial charge in [-0.25, -0.2) is 17.9 Å². The van der Waals surface area contributed by atoms with Crippen molar-refractivity contribution in [2.45, 2.75) is 18.7 Å². The molecule has 0 radical (unpaired) electrons. The highest BCUT2D eigenvalue weighted by atomic mass is 32.2. The predicted octanol–water partition coefficient (Wildman–Crippen LogP) is 2.37. The summed E-state index contributed by atoms with van der Waals surface area (Å²) >= 11 is 0. The number of H-pyrrole nitrogens is 1. The van der Waals surface area contributed by atoms with E-state index in [0.717, 1.165) is 5.69 Å². The number of aryl methyl sites for hydroxylation is 1. The van der Waals surface area contributed by atoms with Crippen LogP contribution in [0.5, 0.6) is 0 Å². The van der Waals surface area contributed by atoms with Gasteiger partial charge in [-0.05, 0) is 43.3 Å². The van der Waals surface area contributed by atoms with Gasteiger partial charge in [-0.2, -0.15) is 5.10 Å². The molecular formula is C19H17N5O5S. The minimum atomic E-state index is -3.90. The number of carbonyl (C=O) groups excluding carboxylic acids is 1. The van der Waals surface area contributed by atoms with Gasteiger partial charge in [0.25, 0.3) is 10.0 Å². The number of fused-ring (bicyclic) bond motifs is 1. The van der Waals surface area contributed by atoms with Crippen molar-refractivity contribution in [3.8, 4) is 5.69 Å². The van der Waals surface area contributed by atoms with Gasteiger partial charge in [0, 0.05) is 24.7 Å². The number of nitrogens with one attached hydrogen (secondary N) is 3. The zero-order valence-electron chi connectivity index (χ0n) is 16.0. The quantitative estimate of drug-likeness (QED) is 0.447. The minimum Gasteiger partial charge on any atom is -0.408 e. The number of hydrogen-bond donors (Lipinski definition) is 3. The number of carbonyl (C=O) groups is 1. The molecule has 0 bridgehead atoms. The van der Waals surface area contributed by atoms with Gasteiger partial charge in [0.1, 0.15) is 5.82 Å². The molecule has 2 aromatic carbocycles. The smallest absolute Gasteiger partial charge is 0.408 e. The Bertz CT molecular complexity index is 1410. The van der Waals surface area contributed by atoms with Crippen LogP contribution >= 0.6 is 0 Å². The number of aromatic nitrogens is 3. The molecule has 0 spiro atoms. The lowest BCUT2D eigenvalue weighted by Gasteiger charge is -2.10. The van der Waals surface area contributed by atoms with E-state index in [4.69, 9.17) is 4.42 Å². The molecule has 0 aliphatic heterocycles. The van der Waals surface area contributed by atoms with E-state index >= 15 is 0 Å². The summed E-state index contributed by atoms with van der Waals surface area (Å²) in [5, 5.41) is 7.04. The molecular weight excluding hydrogens is 410 g/mol. The van der Waals surface area contributed by atoms with Gasteiger partial charge in [0.15, 0.2) is 5.58 Å². The molecule has 0 fully saturated rings. The molecule has 2 aromatic heterocycles. The number of anilines is 2.